The van der Waals surface area contributed by atoms with E-state index in [1.807, 2.05) is 0 Å². The van der Waals surface area contributed by atoms with Gasteiger partial charge in [-0.2, -0.15) is 13.2 Å². The van der Waals surface area contributed by atoms with Crippen LogP contribution < -0.4 is 5.32 Å². The molecule has 180 valence electrons. The van der Waals surface area contributed by atoms with E-state index in [0.717, 1.165) is 6.21 Å². The summed E-state index contributed by atoms with van der Waals surface area (Å²) in [5.41, 5.74) is -2.19. The van der Waals surface area contributed by atoms with Gasteiger partial charge in [0.05, 0.1) is 6.21 Å². The Morgan fingerprint density at radius 3 is 2.12 bits per heavy atom. The predicted octanol–water partition coefficient (Wildman–Crippen LogP) is 4.98. The van der Waals surface area contributed by atoms with Gasteiger partial charge >= 0.3 is 18.2 Å². The number of alkyl halides is 3. The number of hydrogen-bond donors (Lipinski definition) is 2. The number of carboxylic acids is 1. The molecule has 0 aliphatic carbocycles. The van der Waals surface area contributed by atoms with Crippen LogP contribution in [0.4, 0.5) is 18.0 Å². The largest absolute Gasteiger partial charge is 0.487 e. The Kier molecular flexibility index (Phi) is 7.93. The van der Waals surface area contributed by atoms with Crippen LogP contribution in [0, 0.1) is 0 Å². The zero-order valence-corrected chi connectivity index (χ0v) is 18.0. The van der Waals surface area contributed by atoms with Crippen molar-refractivity contribution in [2.75, 3.05) is 0 Å². The van der Waals surface area contributed by atoms with Gasteiger partial charge in [0.25, 0.3) is 0 Å². The molecular formula is C24H23F3N2O5. The second kappa shape index (κ2) is 10.9. The molecule has 0 aromatic heterocycles. The van der Waals surface area contributed by atoms with E-state index >= 15 is 0 Å². The van der Waals surface area contributed by atoms with Gasteiger partial charge in [-0.15, -0.1) is 0 Å². The third-order valence-electron chi connectivity index (χ3n) is 5.03. The van der Waals surface area contributed by atoms with Crippen LogP contribution in [-0.2, 0) is 27.5 Å². The maximum absolute atomic E-state index is 14.2. The van der Waals surface area contributed by atoms with Crippen molar-refractivity contribution < 1.29 is 37.3 Å². The number of carbonyl (C=O) groups excluding carboxylic acids is 1. The molecule has 1 aliphatic heterocycles. The molecule has 0 saturated heterocycles. The van der Waals surface area contributed by atoms with Crippen LogP contribution >= 0.6 is 0 Å². The molecule has 0 radical (unpaired) electrons. The average molecular weight is 476 g/mol. The summed E-state index contributed by atoms with van der Waals surface area (Å²) in [7, 11) is 0. The quantitative estimate of drug-likeness (QED) is 0.504. The SMILES string of the molecule is O=C(O)CCCC1(NC(=O)OCc2ccccc2)N=CC(OCc2ccccc2)=C1C(F)(F)F. The molecule has 1 aliphatic rings. The fraction of sp³-hybridized carbons (Fsp3) is 0.292. The van der Waals surface area contributed by atoms with Gasteiger partial charge in [0, 0.05) is 6.42 Å². The summed E-state index contributed by atoms with van der Waals surface area (Å²) in [6.45, 7) is -0.310. The van der Waals surface area contributed by atoms with E-state index in [4.69, 9.17) is 14.6 Å². The lowest BCUT2D eigenvalue weighted by Gasteiger charge is -2.31. The van der Waals surface area contributed by atoms with E-state index in [1.54, 1.807) is 60.7 Å². The molecule has 2 aromatic carbocycles. The van der Waals surface area contributed by atoms with Gasteiger partial charge in [0.2, 0.25) is 0 Å². The molecule has 1 atom stereocenters. The van der Waals surface area contributed by atoms with E-state index in [1.165, 1.54) is 0 Å². The summed E-state index contributed by atoms with van der Waals surface area (Å²) in [5.74, 6) is -1.73. The minimum atomic E-state index is -4.92. The number of halogens is 3. The Labute approximate surface area is 193 Å². The highest BCUT2D eigenvalue weighted by Crippen LogP contribution is 2.43. The Morgan fingerprint density at radius 1 is 0.971 bits per heavy atom. The van der Waals surface area contributed by atoms with E-state index in [-0.39, 0.29) is 19.6 Å². The number of ether oxygens (including phenoxy) is 2. The molecule has 1 unspecified atom stereocenters. The van der Waals surface area contributed by atoms with Crippen LogP contribution in [0.1, 0.15) is 30.4 Å². The van der Waals surface area contributed by atoms with Crippen LogP contribution in [0.5, 0.6) is 0 Å². The molecule has 7 nitrogen and oxygen atoms in total. The number of nitrogens with one attached hydrogen (secondary N) is 1. The molecule has 1 heterocycles. The number of carboxylic acid groups (broad SMARTS) is 1. The number of nitrogens with zero attached hydrogens (tertiary/aromatic N) is 1. The van der Waals surface area contributed by atoms with Crippen LogP contribution in [0.2, 0.25) is 0 Å². The molecule has 34 heavy (non-hydrogen) atoms. The first kappa shape index (κ1) is 24.8. The van der Waals surface area contributed by atoms with Crippen molar-refractivity contribution in [1.82, 2.24) is 5.32 Å². The molecule has 0 spiro atoms. The number of benzene rings is 2. The number of carbonyl (C=O) groups is 2. The highest BCUT2D eigenvalue weighted by atomic mass is 19.4. The van der Waals surface area contributed by atoms with Crippen molar-refractivity contribution in [2.24, 2.45) is 4.99 Å². The van der Waals surface area contributed by atoms with Gasteiger partial charge in [-0.05, 0) is 24.0 Å². The third kappa shape index (κ3) is 6.60. The number of aliphatic imine (C=N–C) groups is 1. The second-order valence-corrected chi connectivity index (χ2v) is 7.56. The van der Waals surface area contributed by atoms with Crippen molar-refractivity contribution in [3.8, 4) is 0 Å². The van der Waals surface area contributed by atoms with Gasteiger partial charge in [-0.1, -0.05) is 60.7 Å². The van der Waals surface area contributed by atoms with Crippen molar-refractivity contribution >= 4 is 18.3 Å². The molecule has 3 rings (SSSR count). The monoisotopic (exact) mass is 476 g/mol. The summed E-state index contributed by atoms with van der Waals surface area (Å²) in [6.07, 6.45) is -6.12. The van der Waals surface area contributed by atoms with Crippen LogP contribution in [0.25, 0.3) is 0 Å². The fourth-order valence-electron chi connectivity index (χ4n) is 3.49. The first-order chi connectivity index (χ1) is 16.2. The summed E-state index contributed by atoms with van der Waals surface area (Å²) in [5, 5.41) is 11.2. The normalized spacial score (nSPS) is 17.5. The first-order valence-corrected chi connectivity index (χ1v) is 10.4. The summed E-state index contributed by atoms with van der Waals surface area (Å²) < 4.78 is 53.1. The number of allylic oxidation sites excluding steroid dienone is 1. The Hall–Kier alpha value is -3.82. The lowest BCUT2D eigenvalue weighted by Crippen LogP contribution is -2.51. The van der Waals surface area contributed by atoms with Crippen molar-refractivity contribution in [1.29, 1.82) is 0 Å². The minimum absolute atomic E-state index is 0.147. The smallest absolute Gasteiger partial charge is 0.420 e. The predicted molar refractivity (Wildman–Crippen MR) is 117 cm³/mol. The van der Waals surface area contributed by atoms with E-state index in [9.17, 15) is 22.8 Å². The highest BCUT2D eigenvalue weighted by molar-refractivity contribution is 5.84. The Morgan fingerprint density at radius 2 is 1.56 bits per heavy atom. The minimum Gasteiger partial charge on any atom is -0.487 e. The van der Waals surface area contributed by atoms with E-state index < -0.39 is 48.1 Å². The number of aliphatic carboxylic acids is 1. The summed E-state index contributed by atoms with van der Waals surface area (Å²) in [6, 6.07) is 17.2. The molecule has 2 aromatic rings. The summed E-state index contributed by atoms with van der Waals surface area (Å²) >= 11 is 0. The third-order valence-corrected chi connectivity index (χ3v) is 5.03. The number of rotatable bonds is 10. The van der Waals surface area contributed by atoms with Crippen molar-refractivity contribution in [3.05, 3.63) is 83.1 Å². The second-order valence-electron chi connectivity index (χ2n) is 7.56. The van der Waals surface area contributed by atoms with Gasteiger partial charge in [0.1, 0.15) is 24.5 Å². The highest BCUT2D eigenvalue weighted by Gasteiger charge is 2.54. The van der Waals surface area contributed by atoms with Gasteiger partial charge in [-0.3, -0.25) is 15.1 Å². The topological polar surface area (TPSA) is 97.2 Å². The zero-order valence-electron chi connectivity index (χ0n) is 18.0. The zero-order chi connectivity index (χ0) is 24.6. The van der Waals surface area contributed by atoms with Gasteiger partial charge in [-0.25, -0.2) is 4.79 Å². The molecule has 0 saturated carbocycles. The number of hydrogen-bond acceptors (Lipinski definition) is 5. The standard InChI is InChI=1S/C24H23F3N2O5/c25-24(26,27)21-19(33-15-17-8-3-1-4-9-17)14-28-23(21,13-7-12-20(30)31)29-22(32)34-16-18-10-5-2-6-11-18/h1-6,8-11,14H,7,12-13,15-16H2,(H,29,32)(H,30,31). The molecule has 1 amide bonds. The molecule has 2 N–H and O–H groups in total. The molecular weight excluding hydrogens is 453 g/mol. The lowest BCUT2D eigenvalue weighted by molar-refractivity contribution is -0.137. The van der Waals surface area contributed by atoms with Crippen LogP contribution in [-0.4, -0.2) is 35.2 Å². The lowest BCUT2D eigenvalue weighted by atomic mass is 9.94. The fourth-order valence-corrected chi connectivity index (χ4v) is 3.49. The van der Waals surface area contributed by atoms with Crippen molar-refractivity contribution in [2.45, 2.75) is 44.3 Å². The molecule has 0 fully saturated rings. The maximum Gasteiger partial charge on any atom is 0.420 e. The maximum atomic E-state index is 14.2. The Balaban J connectivity index is 1.84. The molecule has 10 heteroatoms. The Bertz CT molecular complexity index is 1060. The summed E-state index contributed by atoms with van der Waals surface area (Å²) in [4.78, 5) is 27.4. The molecule has 0 bridgehead atoms. The van der Waals surface area contributed by atoms with E-state index in [0.29, 0.717) is 11.1 Å². The first-order valence-electron chi connectivity index (χ1n) is 10.4. The number of alkyl carbamates (subject to hydrolysis) is 1. The van der Waals surface area contributed by atoms with Crippen LogP contribution in [0.3, 0.4) is 0 Å². The van der Waals surface area contributed by atoms with Gasteiger partial charge in [0.15, 0.2) is 5.66 Å². The van der Waals surface area contributed by atoms with Gasteiger partial charge < -0.3 is 14.6 Å². The average Bonchev–Trinajstić information content (AvgIpc) is 3.16. The number of amides is 1. The van der Waals surface area contributed by atoms with E-state index in [2.05, 4.69) is 10.3 Å². The van der Waals surface area contributed by atoms with Crippen LogP contribution in [0.15, 0.2) is 77.0 Å². The van der Waals surface area contributed by atoms with Crippen molar-refractivity contribution in [3.63, 3.8) is 0 Å².